The minimum atomic E-state index is 0.938. The highest BCUT2D eigenvalue weighted by molar-refractivity contribution is 5.58. The molecule has 3 rings (SSSR count). The number of methoxy groups -OCH3 is 1. The van der Waals surface area contributed by atoms with Crippen molar-refractivity contribution in [3.63, 3.8) is 0 Å². The normalized spacial score (nSPS) is 21.0. The molecule has 22 heavy (non-hydrogen) atoms. The molecular weight excluding hydrogens is 274 g/mol. The molecule has 0 atom stereocenters. The number of rotatable bonds is 5. The van der Waals surface area contributed by atoms with Crippen LogP contribution in [0.3, 0.4) is 0 Å². The Kier molecular flexibility index (Phi) is 5.57. The predicted molar refractivity (Wildman–Crippen MR) is 91.9 cm³/mol. The number of ether oxygens (including phenoxy) is 1. The Labute approximate surface area is 134 Å². The van der Waals surface area contributed by atoms with E-state index in [0.717, 1.165) is 24.8 Å². The summed E-state index contributed by atoms with van der Waals surface area (Å²) in [5, 5.41) is 3.46. The average Bonchev–Trinajstić information content (AvgIpc) is 2.61. The SMILES string of the molecule is COc1ccccc1N1CCN(CCC2CCNCC2)CC1. The van der Waals surface area contributed by atoms with Crippen molar-refractivity contribution in [2.45, 2.75) is 19.3 Å². The summed E-state index contributed by atoms with van der Waals surface area (Å²) in [7, 11) is 1.76. The van der Waals surface area contributed by atoms with Gasteiger partial charge in [0.15, 0.2) is 0 Å². The van der Waals surface area contributed by atoms with E-state index >= 15 is 0 Å². The molecule has 122 valence electrons. The maximum Gasteiger partial charge on any atom is 0.142 e. The summed E-state index contributed by atoms with van der Waals surface area (Å²) < 4.78 is 5.49. The largest absolute Gasteiger partial charge is 0.495 e. The summed E-state index contributed by atoms with van der Waals surface area (Å²) in [6, 6.07) is 8.36. The monoisotopic (exact) mass is 303 g/mol. The van der Waals surface area contributed by atoms with Crippen LogP contribution >= 0.6 is 0 Å². The van der Waals surface area contributed by atoms with Crippen molar-refractivity contribution in [3.05, 3.63) is 24.3 Å². The van der Waals surface area contributed by atoms with Crippen molar-refractivity contribution >= 4 is 5.69 Å². The number of piperazine rings is 1. The molecule has 1 aromatic carbocycles. The molecule has 0 radical (unpaired) electrons. The lowest BCUT2D eigenvalue weighted by molar-refractivity contribution is 0.224. The quantitative estimate of drug-likeness (QED) is 0.902. The lowest BCUT2D eigenvalue weighted by Crippen LogP contribution is -2.47. The van der Waals surface area contributed by atoms with Gasteiger partial charge in [-0.25, -0.2) is 0 Å². The van der Waals surface area contributed by atoms with Crippen LogP contribution in [0.5, 0.6) is 5.75 Å². The van der Waals surface area contributed by atoms with Gasteiger partial charge in [-0.05, 0) is 56.9 Å². The Balaban J connectivity index is 1.45. The molecule has 4 nitrogen and oxygen atoms in total. The van der Waals surface area contributed by atoms with Gasteiger partial charge in [-0.2, -0.15) is 0 Å². The second kappa shape index (κ2) is 7.84. The number of para-hydroxylation sites is 2. The van der Waals surface area contributed by atoms with E-state index in [2.05, 4.69) is 33.3 Å². The molecule has 0 unspecified atom stereocenters. The van der Waals surface area contributed by atoms with Gasteiger partial charge >= 0.3 is 0 Å². The lowest BCUT2D eigenvalue weighted by Gasteiger charge is -2.37. The first-order chi connectivity index (χ1) is 10.9. The van der Waals surface area contributed by atoms with E-state index in [9.17, 15) is 0 Å². The number of nitrogens with one attached hydrogen (secondary N) is 1. The molecule has 2 saturated heterocycles. The fourth-order valence-corrected chi connectivity index (χ4v) is 3.64. The van der Waals surface area contributed by atoms with E-state index in [4.69, 9.17) is 4.74 Å². The number of hydrogen-bond acceptors (Lipinski definition) is 4. The van der Waals surface area contributed by atoms with E-state index in [1.165, 1.54) is 57.7 Å². The Morgan fingerprint density at radius 2 is 1.82 bits per heavy atom. The van der Waals surface area contributed by atoms with Gasteiger partial charge in [-0.15, -0.1) is 0 Å². The van der Waals surface area contributed by atoms with Crippen molar-refractivity contribution in [1.82, 2.24) is 10.2 Å². The molecule has 0 amide bonds. The minimum absolute atomic E-state index is 0.938. The zero-order valence-corrected chi connectivity index (χ0v) is 13.8. The van der Waals surface area contributed by atoms with Gasteiger partial charge in [0.25, 0.3) is 0 Å². The summed E-state index contributed by atoms with van der Waals surface area (Å²) in [6.45, 7) is 8.24. The van der Waals surface area contributed by atoms with Crippen LogP contribution in [-0.2, 0) is 0 Å². The molecule has 0 bridgehead atoms. The molecule has 2 fully saturated rings. The fourth-order valence-electron chi connectivity index (χ4n) is 3.64. The second-order valence-corrected chi connectivity index (χ2v) is 6.48. The Bertz CT molecular complexity index is 451. The lowest BCUT2D eigenvalue weighted by atomic mass is 9.94. The first-order valence-corrected chi connectivity index (χ1v) is 8.68. The van der Waals surface area contributed by atoms with Crippen molar-refractivity contribution < 1.29 is 4.74 Å². The number of benzene rings is 1. The Morgan fingerprint density at radius 3 is 2.55 bits per heavy atom. The van der Waals surface area contributed by atoms with Crippen LogP contribution in [0.25, 0.3) is 0 Å². The molecule has 4 heteroatoms. The van der Waals surface area contributed by atoms with Gasteiger partial charge in [0.1, 0.15) is 5.75 Å². The van der Waals surface area contributed by atoms with Crippen LogP contribution in [0.4, 0.5) is 5.69 Å². The van der Waals surface area contributed by atoms with E-state index in [1.807, 2.05) is 6.07 Å². The predicted octanol–water partition coefficient (Wildman–Crippen LogP) is 2.21. The van der Waals surface area contributed by atoms with Crippen LogP contribution in [0.15, 0.2) is 24.3 Å². The van der Waals surface area contributed by atoms with Crippen LogP contribution in [0.1, 0.15) is 19.3 Å². The zero-order chi connectivity index (χ0) is 15.2. The topological polar surface area (TPSA) is 27.7 Å². The third-order valence-electron chi connectivity index (χ3n) is 5.11. The van der Waals surface area contributed by atoms with E-state index in [0.29, 0.717) is 0 Å². The van der Waals surface area contributed by atoms with Crippen LogP contribution < -0.4 is 15.0 Å². The van der Waals surface area contributed by atoms with Crippen molar-refractivity contribution in [3.8, 4) is 5.75 Å². The maximum absolute atomic E-state index is 5.49. The van der Waals surface area contributed by atoms with Crippen LogP contribution in [-0.4, -0.2) is 57.8 Å². The highest BCUT2D eigenvalue weighted by Gasteiger charge is 2.20. The molecule has 0 aliphatic carbocycles. The summed E-state index contributed by atoms with van der Waals surface area (Å²) in [6.07, 6.45) is 4.10. The van der Waals surface area contributed by atoms with Crippen molar-refractivity contribution in [2.24, 2.45) is 5.92 Å². The number of nitrogens with zero attached hydrogens (tertiary/aromatic N) is 2. The number of hydrogen-bond donors (Lipinski definition) is 1. The minimum Gasteiger partial charge on any atom is -0.495 e. The molecule has 0 saturated carbocycles. The van der Waals surface area contributed by atoms with Crippen LogP contribution in [0, 0.1) is 5.92 Å². The molecule has 0 spiro atoms. The molecule has 1 aromatic rings. The first kappa shape index (κ1) is 15.6. The molecule has 2 heterocycles. The van der Waals surface area contributed by atoms with Gasteiger partial charge in [0.2, 0.25) is 0 Å². The van der Waals surface area contributed by atoms with Crippen molar-refractivity contribution in [2.75, 3.05) is 57.8 Å². The summed E-state index contributed by atoms with van der Waals surface area (Å²) in [5.74, 6) is 1.93. The van der Waals surface area contributed by atoms with Crippen molar-refractivity contribution in [1.29, 1.82) is 0 Å². The molecule has 2 aliphatic heterocycles. The van der Waals surface area contributed by atoms with E-state index in [-0.39, 0.29) is 0 Å². The second-order valence-electron chi connectivity index (χ2n) is 6.48. The zero-order valence-electron chi connectivity index (χ0n) is 13.8. The maximum atomic E-state index is 5.49. The Hall–Kier alpha value is -1.26. The summed E-state index contributed by atoms with van der Waals surface area (Å²) in [5.41, 5.74) is 1.24. The smallest absolute Gasteiger partial charge is 0.142 e. The van der Waals surface area contributed by atoms with Gasteiger partial charge in [0.05, 0.1) is 12.8 Å². The first-order valence-electron chi connectivity index (χ1n) is 8.68. The van der Waals surface area contributed by atoms with Crippen LogP contribution in [0.2, 0.25) is 0 Å². The summed E-state index contributed by atoms with van der Waals surface area (Å²) >= 11 is 0. The number of piperidine rings is 1. The van der Waals surface area contributed by atoms with E-state index in [1.54, 1.807) is 7.11 Å². The Morgan fingerprint density at radius 1 is 1.09 bits per heavy atom. The van der Waals surface area contributed by atoms with Gasteiger partial charge in [-0.3, -0.25) is 4.90 Å². The molecular formula is C18H29N3O. The van der Waals surface area contributed by atoms with Gasteiger partial charge in [-0.1, -0.05) is 12.1 Å². The average molecular weight is 303 g/mol. The molecule has 1 N–H and O–H groups in total. The van der Waals surface area contributed by atoms with E-state index < -0.39 is 0 Å². The highest BCUT2D eigenvalue weighted by Crippen LogP contribution is 2.28. The molecule has 0 aromatic heterocycles. The third kappa shape index (κ3) is 3.93. The standard InChI is InChI=1S/C18H29N3O/c1-22-18-5-3-2-4-17(18)21-14-12-20(13-15-21)11-8-16-6-9-19-10-7-16/h2-5,16,19H,6-15H2,1H3. The van der Waals surface area contributed by atoms with Gasteiger partial charge < -0.3 is 15.0 Å². The summed E-state index contributed by atoms with van der Waals surface area (Å²) in [4.78, 5) is 5.09. The number of anilines is 1. The highest BCUT2D eigenvalue weighted by atomic mass is 16.5. The third-order valence-corrected chi connectivity index (χ3v) is 5.11. The molecule has 2 aliphatic rings. The fraction of sp³-hybridized carbons (Fsp3) is 0.667. The van der Waals surface area contributed by atoms with Gasteiger partial charge in [0, 0.05) is 26.2 Å².